The summed E-state index contributed by atoms with van der Waals surface area (Å²) in [4.78, 5) is 12.2. The Morgan fingerprint density at radius 3 is 2.84 bits per heavy atom. The predicted molar refractivity (Wildman–Crippen MR) is 102 cm³/mol. The largest absolute Gasteiger partial charge is 0.496 e. The summed E-state index contributed by atoms with van der Waals surface area (Å²) in [5, 5.41) is 8.66. The van der Waals surface area contributed by atoms with Crippen molar-refractivity contribution in [3.8, 4) is 5.75 Å². The van der Waals surface area contributed by atoms with E-state index < -0.39 is 0 Å². The number of amides is 2. The zero-order valence-corrected chi connectivity index (χ0v) is 15.2. The summed E-state index contributed by atoms with van der Waals surface area (Å²) in [6.45, 7) is 2.93. The van der Waals surface area contributed by atoms with Crippen LogP contribution in [0.4, 0.5) is 4.79 Å². The standard InChI is InChI=1S/C21H28N2O2/c1-3-4-5-6-12-22-21(24)23-17-13-16-9-7-8-15-10-11-19(25-2)18(14-17)20(15)16/h7-11,17H,3-6,12-14H2,1-2H3,(H2,22,23,24). The number of nitrogens with one attached hydrogen (secondary N) is 2. The molecule has 1 unspecified atom stereocenters. The molecule has 1 aliphatic carbocycles. The zero-order valence-electron chi connectivity index (χ0n) is 15.2. The highest BCUT2D eigenvalue weighted by Crippen LogP contribution is 2.35. The molecule has 1 aliphatic rings. The van der Waals surface area contributed by atoms with E-state index in [-0.39, 0.29) is 12.1 Å². The van der Waals surface area contributed by atoms with Gasteiger partial charge in [0.1, 0.15) is 5.75 Å². The number of carbonyl (C=O) groups excluding carboxylic acids is 1. The quantitative estimate of drug-likeness (QED) is 0.742. The van der Waals surface area contributed by atoms with Gasteiger partial charge < -0.3 is 15.4 Å². The first kappa shape index (κ1) is 17.6. The fourth-order valence-electron chi connectivity index (χ4n) is 3.76. The monoisotopic (exact) mass is 340 g/mol. The van der Waals surface area contributed by atoms with Gasteiger partial charge in [0.25, 0.3) is 0 Å². The van der Waals surface area contributed by atoms with Gasteiger partial charge in [0.15, 0.2) is 0 Å². The third-order valence-electron chi connectivity index (χ3n) is 4.98. The van der Waals surface area contributed by atoms with E-state index in [1.54, 1.807) is 7.11 Å². The lowest BCUT2D eigenvalue weighted by Gasteiger charge is -2.27. The van der Waals surface area contributed by atoms with Crippen molar-refractivity contribution in [2.24, 2.45) is 0 Å². The van der Waals surface area contributed by atoms with Gasteiger partial charge in [-0.3, -0.25) is 0 Å². The van der Waals surface area contributed by atoms with Gasteiger partial charge in [-0.05, 0) is 41.7 Å². The SMILES string of the molecule is CCCCCCNC(=O)NC1Cc2cccc3ccc(OC)c(c23)C1. The Morgan fingerprint density at radius 1 is 1.16 bits per heavy atom. The fourth-order valence-corrected chi connectivity index (χ4v) is 3.76. The van der Waals surface area contributed by atoms with Crippen molar-refractivity contribution in [2.75, 3.05) is 13.7 Å². The number of carbonyl (C=O) groups is 1. The van der Waals surface area contributed by atoms with E-state index in [1.807, 2.05) is 6.07 Å². The maximum Gasteiger partial charge on any atom is 0.315 e. The summed E-state index contributed by atoms with van der Waals surface area (Å²) in [6.07, 6.45) is 6.32. The van der Waals surface area contributed by atoms with Gasteiger partial charge in [0.2, 0.25) is 0 Å². The first-order chi connectivity index (χ1) is 12.2. The Labute approximate surface area is 149 Å². The van der Waals surface area contributed by atoms with Crippen LogP contribution in [0.25, 0.3) is 10.8 Å². The lowest BCUT2D eigenvalue weighted by molar-refractivity contribution is 0.236. The molecule has 1 atom stereocenters. The first-order valence-electron chi connectivity index (χ1n) is 9.34. The maximum atomic E-state index is 12.2. The molecule has 0 heterocycles. The molecular weight excluding hydrogens is 312 g/mol. The highest BCUT2D eigenvalue weighted by atomic mass is 16.5. The molecule has 4 heteroatoms. The number of benzene rings is 2. The molecule has 4 nitrogen and oxygen atoms in total. The minimum absolute atomic E-state index is 0.0629. The number of hydrogen-bond donors (Lipinski definition) is 2. The second-order valence-corrected chi connectivity index (χ2v) is 6.83. The van der Waals surface area contributed by atoms with Crippen molar-refractivity contribution in [3.05, 3.63) is 41.5 Å². The van der Waals surface area contributed by atoms with Crippen molar-refractivity contribution < 1.29 is 9.53 Å². The molecule has 0 bridgehead atoms. The first-order valence-corrected chi connectivity index (χ1v) is 9.34. The van der Waals surface area contributed by atoms with Gasteiger partial charge in [0, 0.05) is 18.2 Å². The van der Waals surface area contributed by atoms with Crippen molar-refractivity contribution in [1.29, 1.82) is 0 Å². The van der Waals surface area contributed by atoms with Gasteiger partial charge >= 0.3 is 6.03 Å². The van der Waals surface area contributed by atoms with Crippen LogP contribution in [0, 0.1) is 0 Å². The van der Waals surface area contributed by atoms with Crippen molar-refractivity contribution >= 4 is 16.8 Å². The second-order valence-electron chi connectivity index (χ2n) is 6.83. The molecule has 0 radical (unpaired) electrons. The van der Waals surface area contributed by atoms with E-state index in [1.165, 1.54) is 41.2 Å². The average molecular weight is 340 g/mol. The van der Waals surface area contributed by atoms with E-state index in [2.05, 4.69) is 41.8 Å². The molecular formula is C21H28N2O2. The van der Waals surface area contributed by atoms with Crippen molar-refractivity contribution in [2.45, 2.75) is 51.5 Å². The molecule has 0 aliphatic heterocycles. The van der Waals surface area contributed by atoms with Crippen molar-refractivity contribution in [3.63, 3.8) is 0 Å². The Bertz CT molecular complexity index is 742. The number of ether oxygens (including phenoxy) is 1. The Morgan fingerprint density at radius 2 is 2.04 bits per heavy atom. The molecule has 0 saturated carbocycles. The number of hydrogen-bond acceptors (Lipinski definition) is 2. The molecule has 25 heavy (non-hydrogen) atoms. The van der Waals surface area contributed by atoms with E-state index >= 15 is 0 Å². The van der Waals surface area contributed by atoms with Gasteiger partial charge in [-0.2, -0.15) is 0 Å². The van der Waals surface area contributed by atoms with Crippen LogP contribution in [0.1, 0.15) is 43.7 Å². The van der Waals surface area contributed by atoms with Crippen LogP contribution in [0.3, 0.4) is 0 Å². The third-order valence-corrected chi connectivity index (χ3v) is 4.98. The molecule has 134 valence electrons. The molecule has 0 fully saturated rings. The molecule has 0 spiro atoms. The lowest BCUT2D eigenvalue weighted by atomic mass is 9.85. The summed E-state index contributed by atoms with van der Waals surface area (Å²) < 4.78 is 5.56. The van der Waals surface area contributed by atoms with Crippen LogP contribution in [0.5, 0.6) is 5.75 Å². The third kappa shape index (κ3) is 4.06. The highest BCUT2D eigenvalue weighted by molar-refractivity contribution is 5.92. The highest BCUT2D eigenvalue weighted by Gasteiger charge is 2.24. The molecule has 0 saturated heterocycles. The fraction of sp³-hybridized carbons (Fsp3) is 0.476. The van der Waals surface area contributed by atoms with Crippen LogP contribution in [0.15, 0.2) is 30.3 Å². The summed E-state index contributed by atoms with van der Waals surface area (Å²) in [5.74, 6) is 0.909. The normalized spacial score (nSPS) is 15.8. The number of methoxy groups -OCH3 is 1. The van der Waals surface area contributed by atoms with E-state index in [9.17, 15) is 4.79 Å². The number of rotatable bonds is 7. The smallest absolute Gasteiger partial charge is 0.315 e. The van der Waals surface area contributed by atoms with Gasteiger partial charge in [-0.25, -0.2) is 4.79 Å². The molecule has 2 aromatic rings. The van der Waals surface area contributed by atoms with Gasteiger partial charge in [-0.1, -0.05) is 50.5 Å². The Hall–Kier alpha value is -2.23. The summed E-state index contributed by atoms with van der Waals surface area (Å²) in [6, 6.07) is 10.6. The summed E-state index contributed by atoms with van der Waals surface area (Å²) in [5.41, 5.74) is 2.49. The Balaban J connectivity index is 1.65. The van der Waals surface area contributed by atoms with Gasteiger partial charge in [-0.15, -0.1) is 0 Å². The van der Waals surface area contributed by atoms with Gasteiger partial charge in [0.05, 0.1) is 7.11 Å². The predicted octanol–water partition coefficient (Wildman–Crippen LogP) is 4.20. The molecule has 2 N–H and O–H groups in total. The van der Waals surface area contributed by atoms with Crippen LogP contribution < -0.4 is 15.4 Å². The van der Waals surface area contributed by atoms with Crippen LogP contribution in [-0.2, 0) is 12.8 Å². The van der Waals surface area contributed by atoms with Crippen molar-refractivity contribution in [1.82, 2.24) is 10.6 Å². The second kappa shape index (κ2) is 8.24. The van der Waals surface area contributed by atoms with E-state index in [0.717, 1.165) is 31.6 Å². The zero-order chi connectivity index (χ0) is 17.6. The van der Waals surface area contributed by atoms with Crippen LogP contribution >= 0.6 is 0 Å². The Kier molecular flexibility index (Phi) is 5.79. The summed E-state index contributed by atoms with van der Waals surface area (Å²) >= 11 is 0. The number of urea groups is 1. The maximum absolute atomic E-state index is 12.2. The van der Waals surface area contributed by atoms with Crippen LogP contribution in [0.2, 0.25) is 0 Å². The van der Waals surface area contributed by atoms with E-state index in [0.29, 0.717) is 0 Å². The molecule has 3 rings (SSSR count). The minimum atomic E-state index is -0.0629. The molecule has 0 aromatic heterocycles. The number of unbranched alkanes of at least 4 members (excludes halogenated alkanes) is 3. The average Bonchev–Trinajstić information content (AvgIpc) is 2.62. The van der Waals surface area contributed by atoms with Crippen LogP contribution in [-0.4, -0.2) is 25.7 Å². The lowest BCUT2D eigenvalue weighted by Crippen LogP contribution is -2.45. The molecule has 2 amide bonds. The summed E-state index contributed by atoms with van der Waals surface area (Å²) in [7, 11) is 1.71. The minimum Gasteiger partial charge on any atom is -0.496 e. The molecule has 2 aromatic carbocycles. The topological polar surface area (TPSA) is 50.4 Å². The van der Waals surface area contributed by atoms with E-state index in [4.69, 9.17) is 4.74 Å².